The summed E-state index contributed by atoms with van der Waals surface area (Å²) < 4.78 is 43.2. The smallest absolute Gasteiger partial charge is 0.421 e. The van der Waals surface area contributed by atoms with E-state index in [1.54, 1.807) is 22.6 Å². The SMILES string of the molecule is FC(F)(F)c1c(I)cncc1OC1CC1. The summed E-state index contributed by atoms with van der Waals surface area (Å²) in [6.45, 7) is 0. The molecule has 1 aliphatic rings. The van der Waals surface area contributed by atoms with Crippen molar-refractivity contribution in [1.82, 2.24) is 4.98 Å². The standard InChI is InChI=1S/C9H7F3INO/c10-9(11,12)8-6(13)3-14-4-7(8)15-5-1-2-5/h3-5H,1-2H2. The van der Waals surface area contributed by atoms with Crippen molar-refractivity contribution < 1.29 is 17.9 Å². The third-order valence-electron chi connectivity index (χ3n) is 1.97. The van der Waals surface area contributed by atoms with Crippen molar-refractivity contribution in [1.29, 1.82) is 0 Å². The first-order chi connectivity index (χ1) is 6.98. The summed E-state index contributed by atoms with van der Waals surface area (Å²) in [6.07, 6.45) is -0.493. The predicted octanol–water partition coefficient (Wildman–Crippen LogP) is 3.25. The normalized spacial score (nSPS) is 16.5. The lowest BCUT2D eigenvalue weighted by molar-refractivity contribution is -0.139. The molecule has 1 aromatic heterocycles. The second-order valence-corrected chi connectivity index (χ2v) is 4.47. The molecule has 2 nitrogen and oxygen atoms in total. The molecule has 2 rings (SSSR count). The Morgan fingerprint density at radius 2 is 2.00 bits per heavy atom. The molecule has 0 aliphatic heterocycles. The van der Waals surface area contributed by atoms with Gasteiger partial charge in [0.05, 0.1) is 12.3 Å². The molecule has 0 spiro atoms. The van der Waals surface area contributed by atoms with Gasteiger partial charge in [0.1, 0.15) is 5.56 Å². The fourth-order valence-corrected chi connectivity index (χ4v) is 1.88. The molecule has 0 amide bonds. The molecule has 1 aliphatic carbocycles. The van der Waals surface area contributed by atoms with Gasteiger partial charge >= 0.3 is 6.18 Å². The van der Waals surface area contributed by atoms with E-state index < -0.39 is 11.7 Å². The maximum atomic E-state index is 12.7. The summed E-state index contributed by atoms with van der Waals surface area (Å²) in [5, 5.41) is 0. The van der Waals surface area contributed by atoms with Crippen LogP contribution in [0.1, 0.15) is 18.4 Å². The highest BCUT2D eigenvalue weighted by Crippen LogP contribution is 2.40. The molecule has 0 atom stereocenters. The lowest BCUT2D eigenvalue weighted by Crippen LogP contribution is -2.12. The number of ether oxygens (including phenoxy) is 1. The van der Waals surface area contributed by atoms with Crippen molar-refractivity contribution in [3.63, 3.8) is 0 Å². The van der Waals surface area contributed by atoms with E-state index in [1.807, 2.05) is 0 Å². The Hall–Kier alpha value is -0.530. The van der Waals surface area contributed by atoms with Crippen LogP contribution in [0.4, 0.5) is 13.2 Å². The van der Waals surface area contributed by atoms with Gasteiger partial charge in [0, 0.05) is 9.77 Å². The highest BCUT2D eigenvalue weighted by atomic mass is 127. The summed E-state index contributed by atoms with van der Waals surface area (Å²) in [5.41, 5.74) is -0.718. The van der Waals surface area contributed by atoms with Crippen LogP contribution in [0.3, 0.4) is 0 Å². The summed E-state index contributed by atoms with van der Waals surface area (Å²) in [4.78, 5) is 3.71. The highest BCUT2D eigenvalue weighted by molar-refractivity contribution is 14.1. The van der Waals surface area contributed by atoms with Crippen LogP contribution in [0.2, 0.25) is 0 Å². The zero-order valence-corrected chi connectivity index (χ0v) is 9.67. The van der Waals surface area contributed by atoms with Gasteiger partial charge in [-0.3, -0.25) is 4.98 Å². The zero-order chi connectivity index (χ0) is 11.1. The third kappa shape index (κ3) is 2.53. The van der Waals surface area contributed by atoms with E-state index in [4.69, 9.17) is 4.74 Å². The Morgan fingerprint density at radius 1 is 1.33 bits per heavy atom. The van der Waals surface area contributed by atoms with Gasteiger partial charge in [0.15, 0.2) is 5.75 Å². The van der Waals surface area contributed by atoms with Crippen molar-refractivity contribution in [3.8, 4) is 5.75 Å². The average Bonchev–Trinajstić information content (AvgIpc) is 2.85. The average molecular weight is 329 g/mol. The largest absolute Gasteiger partial charge is 0.488 e. The van der Waals surface area contributed by atoms with Crippen LogP contribution >= 0.6 is 22.6 Å². The highest BCUT2D eigenvalue weighted by Gasteiger charge is 2.38. The summed E-state index contributed by atoms with van der Waals surface area (Å²) in [6, 6.07) is 0. The van der Waals surface area contributed by atoms with E-state index in [2.05, 4.69) is 4.98 Å². The molecule has 0 bridgehead atoms. The Morgan fingerprint density at radius 3 is 2.53 bits per heavy atom. The van der Waals surface area contributed by atoms with Gasteiger partial charge in [-0.1, -0.05) is 0 Å². The van der Waals surface area contributed by atoms with Gasteiger partial charge < -0.3 is 4.74 Å². The van der Waals surface area contributed by atoms with Crippen molar-refractivity contribution in [2.75, 3.05) is 0 Å². The molecule has 0 aromatic carbocycles. The quantitative estimate of drug-likeness (QED) is 0.777. The number of halogens is 4. The Bertz CT molecular complexity index is 376. The first kappa shape index (κ1) is 11.0. The Balaban J connectivity index is 2.38. The molecule has 6 heteroatoms. The Kier molecular flexibility index (Phi) is 2.78. The molecule has 15 heavy (non-hydrogen) atoms. The number of nitrogens with zero attached hydrogens (tertiary/aromatic N) is 1. The van der Waals surface area contributed by atoms with Crippen LogP contribution in [-0.4, -0.2) is 11.1 Å². The Labute approximate surface area is 98.0 Å². The van der Waals surface area contributed by atoms with Crippen molar-refractivity contribution in [2.24, 2.45) is 0 Å². The minimum atomic E-state index is -4.39. The number of aromatic nitrogens is 1. The molecule has 0 saturated heterocycles. The molecular formula is C9H7F3INO. The third-order valence-corrected chi connectivity index (χ3v) is 2.78. The van der Waals surface area contributed by atoms with E-state index >= 15 is 0 Å². The van der Waals surface area contributed by atoms with E-state index in [0.717, 1.165) is 19.0 Å². The van der Waals surface area contributed by atoms with Gasteiger partial charge in [-0.25, -0.2) is 0 Å². The van der Waals surface area contributed by atoms with Crippen LogP contribution in [0.25, 0.3) is 0 Å². The molecule has 0 radical (unpaired) electrons. The fraction of sp³-hybridized carbons (Fsp3) is 0.444. The lowest BCUT2D eigenvalue weighted by atomic mass is 10.2. The first-order valence-corrected chi connectivity index (χ1v) is 5.43. The monoisotopic (exact) mass is 329 g/mol. The first-order valence-electron chi connectivity index (χ1n) is 4.36. The van der Waals surface area contributed by atoms with Crippen LogP contribution in [-0.2, 0) is 6.18 Å². The van der Waals surface area contributed by atoms with Gasteiger partial charge in [-0.2, -0.15) is 13.2 Å². The van der Waals surface area contributed by atoms with Crippen LogP contribution in [0.15, 0.2) is 12.4 Å². The van der Waals surface area contributed by atoms with Crippen LogP contribution < -0.4 is 4.74 Å². The maximum absolute atomic E-state index is 12.7. The number of rotatable bonds is 2. The lowest BCUT2D eigenvalue weighted by Gasteiger charge is -2.14. The van der Waals surface area contributed by atoms with Crippen molar-refractivity contribution in [3.05, 3.63) is 21.5 Å². The number of hydrogen-bond donors (Lipinski definition) is 0. The molecule has 1 saturated carbocycles. The van der Waals surface area contributed by atoms with Crippen LogP contribution in [0, 0.1) is 3.57 Å². The molecule has 1 fully saturated rings. The molecule has 82 valence electrons. The molecular weight excluding hydrogens is 322 g/mol. The molecule has 0 N–H and O–H groups in total. The maximum Gasteiger partial charge on any atom is 0.421 e. The van der Waals surface area contributed by atoms with Crippen molar-refractivity contribution in [2.45, 2.75) is 25.1 Å². The van der Waals surface area contributed by atoms with Gasteiger partial charge in [0.2, 0.25) is 0 Å². The van der Waals surface area contributed by atoms with Gasteiger partial charge in [-0.05, 0) is 35.4 Å². The summed E-state index contributed by atoms with van der Waals surface area (Å²) >= 11 is 1.62. The van der Waals surface area contributed by atoms with E-state index in [0.29, 0.717) is 0 Å². The van der Waals surface area contributed by atoms with Crippen LogP contribution in [0.5, 0.6) is 5.75 Å². The second kappa shape index (κ2) is 3.80. The molecule has 1 heterocycles. The second-order valence-electron chi connectivity index (χ2n) is 3.31. The predicted molar refractivity (Wildman–Crippen MR) is 55.6 cm³/mol. The van der Waals surface area contributed by atoms with E-state index in [-0.39, 0.29) is 15.4 Å². The van der Waals surface area contributed by atoms with Crippen molar-refractivity contribution >= 4 is 22.6 Å². The van der Waals surface area contributed by atoms with E-state index in [1.165, 1.54) is 6.20 Å². The topological polar surface area (TPSA) is 22.1 Å². The van der Waals surface area contributed by atoms with Gasteiger partial charge in [0.25, 0.3) is 0 Å². The number of pyridine rings is 1. The molecule has 1 aromatic rings. The number of hydrogen-bond acceptors (Lipinski definition) is 2. The zero-order valence-electron chi connectivity index (χ0n) is 7.51. The van der Waals surface area contributed by atoms with E-state index in [9.17, 15) is 13.2 Å². The minimum Gasteiger partial charge on any atom is -0.488 e. The fourth-order valence-electron chi connectivity index (χ4n) is 1.15. The van der Waals surface area contributed by atoms with Gasteiger partial charge in [-0.15, -0.1) is 0 Å². The minimum absolute atomic E-state index is 0.0638. The summed E-state index contributed by atoms with van der Waals surface area (Å²) in [5.74, 6) is -0.156. The summed E-state index contributed by atoms with van der Waals surface area (Å²) in [7, 11) is 0. The number of alkyl halides is 3. The molecule has 0 unspecified atom stereocenters.